The molecule has 0 atom stereocenters. The molecule has 0 N–H and O–H groups in total. The highest BCUT2D eigenvalue weighted by atomic mass is 28.3. The fourth-order valence-corrected chi connectivity index (χ4v) is 7.73. The van der Waals surface area contributed by atoms with Crippen LogP contribution in [0.25, 0.3) is 5.83 Å². The van der Waals surface area contributed by atoms with E-state index in [9.17, 15) is 8.78 Å². The molecule has 1 heterocycles. The summed E-state index contributed by atoms with van der Waals surface area (Å²) in [6.45, 7) is 2.28. The zero-order chi connectivity index (χ0) is 17.9. The summed E-state index contributed by atoms with van der Waals surface area (Å²) >= 11 is 0. The molecule has 140 valence electrons. The van der Waals surface area contributed by atoms with Crippen molar-refractivity contribution in [1.29, 1.82) is 0 Å². The van der Waals surface area contributed by atoms with Crippen LogP contribution in [0.5, 0.6) is 0 Å². The van der Waals surface area contributed by atoms with Crippen molar-refractivity contribution in [2.45, 2.75) is 82.8 Å². The molecule has 0 unspecified atom stereocenters. The maximum atomic E-state index is 13.1. The summed E-state index contributed by atoms with van der Waals surface area (Å²) in [6, 6.07) is 11.9. The monoisotopic (exact) mass is 364 g/mol. The third-order valence-electron chi connectivity index (χ3n) is 5.85. The van der Waals surface area contributed by atoms with Crippen molar-refractivity contribution in [2.75, 3.05) is 0 Å². The van der Waals surface area contributed by atoms with Gasteiger partial charge in [-0.25, -0.2) is 8.78 Å². The lowest BCUT2D eigenvalue weighted by molar-refractivity contribution is 0.437. The van der Waals surface area contributed by atoms with E-state index in [-0.39, 0.29) is 6.33 Å². The van der Waals surface area contributed by atoms with Gasteiger partial charge in [-0.05, 0) is 24.3 Å². The first-order chi connectivity index (χ1) is 12.2. The molecule has 0 aromatic heterocycles. The van der Waals surface area contributed by atoms with Crippen LogP contribution in [0.3, 0.4) is 0 Å². The molecular formula is C22H34F2Si. The van der Waals surface area contributed by atoms with Crippen molar-refractivity contribution in [2.24, 2.45) is 5.92 Å². The van der Waals surface area contributed by atoms with Gasteiger partial charge in [0.05, 0.1) is 0 Å². The van der Waals surface area contributed by atoms with Crippen molar-refractivity contribution in [3.8, 4) is 0 Å². The van der Waals surface area contributed by atoms with Gasteiger partial charge in [-0.1, -0.05) is 94.3 Å². The molecule has 2 rings (SSSR count). The minimum Gasteiger partial charge on any atom is -0.212 e. The minimum atomic E-state index is -0.787. The van der Waals surface area contributed by atoms with E-state index in [1.54, 1.807) is 30.3 Å². The smallest absolute Gasteiger partial charge is 0.158 e. The van der Waals surface area contributed by atoms with Crippen LogP contribution in [-0.4, -0.2) is 8.80 Å². The molecule has 1 aliphatic heterocycles. The van der Waals surface area contributed by atoms with Gasteiger partial charge in [-0.15, -0.1) is 0 Å². The van der Waals surface area contributed by atoms with Crippen LogP contribution >= 0.6 is 0 Å². The van der Waals surface area contributed by atoms with E-state index in [1.165, 1.54) is 56.9 Å². The molecule has 0 amide bonds. The number of halogens is 2. The van der Waals surface area contributed by atoms with Crippen molar-refractivity contribution in [3.63, 3.8) is 0 Å². The van der Waals surface area contributed by atoms with E-state index in [2.05, 4.69) is 6.92 Å². The first-order valence-electron chi connectivity index (χ1n) is 10.3. The first-order valence-corrected chi connectivity index (χ1v) is 12.7. The van der Waals surface area contributed by atoms with Crippen LogP contribution in [0.2, 0.25) is 18.1 Å². The fraction of sp³-hybridized carbons (Fsp3) is 0.636. The van der Waals surface area contributed by atoms with Gasteiger partial charge < -0.3 is 0 Å². The average Bonchev–Trinajstić information content (AvgIpc) is 2.67. The number of benzene rings is 1. The lowest BCUT2D eigenvalue weighted by atomic mass is 9.94. The predicted molar refractivity (Wildman–Crippen MR) is 108 cm³/mol. The van der Waals surface area contributed by atoms with E-state index in [4.69, 9.17) is 0 Å². The molecule has 0 bridgehead atoms. The summed E-state index contributed by atoms with van der Waals surface area (Å²) in [5.74, 6) is 0.0931. The highest BCUT2D eigenvalue weighted by Crippen LogP contribution is 2.31. The van der Waals surface area contributed by atoms with Gasteiger partial charge in [-0.3, -0.25) is 0 Å². The standard InChI is InChI=1S/C22H34F2Si/c1-2-3-4-5-6-15-25-16-13-20(14-17-25)8-7-19-9-11-21(12-10-19)22(24)18-23/h9-12,18,20,25H,2-8,13-17H2,1H3/t20-,25-. The van der Waals surface area contributed by atoms with Gasteiger partial charge in [-0.2, -0.15) is 0 Å². The molecule has 25 heavy (non-hydrogen) atoms. The molecule has 0 nitrogen and oxygen atoms in total. The van der Waals surface area contributed by atoms with E-state index in [0.29, 0.717) is 5.56 Å². The highest BCUT2D eigenvalue weighted by Gasteiger charge is 2.21. The van der Waals surface area contributed by atoms with Gasteiger partial charge >= 0.3 is 0 Å². The van der Waals surface area contributed by atoms with E-state index < -0.39 is 14.6 Å². The zero-order valence-corrected chi connectivity index (χ0v) is 16.9. The average molecular weight is 365 g/mol. The lowest BCUT2D eigenvalue weighted by Crippen LogP contribution is -2.21. The first kappa shape index (κ1) is 20.4. The second kappa shape index (κ2) is 11.6. The van der Waals surface area contributed by atoms with Crippen LogP contribution in [0.4, 0.5) is 8.78 Å². The Morgan fingerprint density at radius 3 is 2.40 bits per heavy atom. The number of hydrogen-bond acceptors (Lipinski definition) is 0. The maximum Gasteiger partial charge on any atom is 0.158 e. The van der Waals surface area contributed by atoms with Gasteiger partial charge in [0.2, 0.25) is 0 Å². The molecule has 0 aliphatic carbocycles. The Balaban J connectivity index is 1.62. The Morgan fingerprint density at radius 2 is 1.76 bits per heavy atom. The van der Waals surface area contributed by atoms with Gasteiger partial charge in [0.15, 0.2) is 5.83 Å². The Labute approximate surface area is 154 Å². The molecule has 0 radical (unpaired) electrons. The SMILES string of the molecule is CCCCCCC[Si@H]1CC[C@H](CCc2ccc(C(F)=CF)cc2)CC1. The Bertz CT molecular complexity index is 501. The zero-order valence-electron chi connectivity index (χ0n) is 15.8. The van der Waals surface area contributed by atoms with Crippen LogP contribution in [0.1, 0.15) is 69.4 Å². The normalized spacial score (nSPS) is 21.5. The van der Waals surface area contributed by atoms with Crippen LogP contribution in [-0.2, 0) is 6.42 Å². The Hall–Kier alpha value is -0.963. The second-order valence-electron chi connectivity index (χ2n) is 7.78. The molecule has 1 saturated heterocycles. The van der Waals surface area contributed by atoms with Crippen LogP contribution in [0, 0.1) is 5.92 Å². The van der Waals surface area contributed by atoms with Gasteiger partial charge in [0, 0.05) is 14.4 Å². The summed E-state index contributed by atoms with van der Waals surface area (Å²) in [5.41, 5.74) is 1.57. The molecule has 0 spiro atoms. The summed E-state index contributed by atoms with van der Waals surface area (Å²) in [4.78, 5) is 0. The quantitative estimate of drug-likeness (QED) is 0.298. The van der Waals surface area contributed by atoms with Crippen molar-refractivity contribution in [1.82, 2.24) is 0 Å². The van der Waals surface area contributed by atoms with Crippen molar-refractivity contribution in [3.05, 3.63) is 41.7 Å². The van der Waals surface area contributed by atoms with Gasteiger partial charge in [0.1, 0.15) is 6.33 Å². The van der Waals surface area contributed by atoms with E-state index >= 15 is 0 Å². The Kier molecular flexibility index (Phi) is 9.45. The molecule has 1 aromatic rings. The van der Waals surface area contributed by atoms with Gasteiger partial charge in [0.25, 0.3) is 0 Å². The number of unbranched alkanes of at least 4 members (excludes halogenated alkanes) is 4. The molecule has 3 heteroatoms. The van der Waals surface area contributed by atoms with Crippen molar-refractivity contribution >= 4 is 14.6 Å². The second-order valence-corrected chi connectivity index (χ2v) is 11.2. The topological polar surface area (TPSA) is 0 Å². The van der Waals surface area contributed by atoms with Crippen LogP contribution < -0.4 is 0 Å². The molecule has 0 saturated carbocycles. The van der Waals surface area contributed by atoms with E-state index in [0.717, 1.165) is 12.3 Å². The molecule has 1 aromatic carbocycles. The van der Waals surface area contributed by atoms with E-state index in [1.807, 2.05) is 12.1 Å². The summed E-state index contributed by atoms with van der Waals surface area (Å²) in [5, 5.41) is 0. The fourth-order valence-electron chi connectivity index (χ4n) is 4.11. The molecule has 1 aliphatic rings. The summed E-state index contributed by atoms with van der Waals surface area (Å²) in [6.07, 6.45) is 12.3. The largest absolute Gasteiger partial charge is 0.212 e. The number of aryl methyl sites for hydroxylation is 1. The maximum absolute atomic E-state index is 13.1. The predicted octanol–water partition coefficient (Wildman–Crippen LogP) is 7.46. The third kappa shape index (κ3) is 7.43. The third-order valence-corrected chi connectivity index (χ3v) is 9.37. The van der Waals surface area contributed by atoms with Crippen molar-refractivity contribution < 1.29 is 8.78 Å². The van der Waals surface area contributed by atoms with Crippen LogP contribution in [0.15, 0.2) is 30.6 Å². The Morgan fingerprint density at radius 1 is 1.08 bits per heavy atom. The lowest BCUT2D eigenvalue weighted by Gasteiger charge is -2.27. The summed E-state index contributed by atoms with van der Waals surface area (Å²) in [7, 11) is -0.420. The number of rotatable bonds is 10. The number of hydrogen-bond donors (Lipinski definition) is 0. The molecular weight excluding hydrogens is 330 g/mol. The molecule has 1 fully saturated rings. The highest BCUT2D eigenvalue weighted by molar-refractivity contribution is 6.58. The summed E-state index contributed by atoms with van der Waals surface area (Å²) < 4.78 is 25.3. The minimum absolute atomic E-state index is 0.0289.